The smallest absolute Gasteiger partial charge is 0.0296 e. The van der Waals surface area contributed by atoms with E-state index >= 15 is 0 Å². The molecule has 0 radical (unpaired) electrons. The molecule has 1 heteroatoms. The zero-order chi connectivity index (χ0) is 14.0. The Morgan fingerprint density at radius 1 is 0.900 bits per heavy atom. The van der Waals surface area contributed by atoms with Crippen LogP contribution in [0, 0.1) is 0 Å². The van der Waals surface area contributed by atoms with E-state index in [9.17, 15) is 0 Å². The van der Waals surface area contributed by atoms with Crippen molar-refractivity contribution in [1.29, 1.82) is 0 Å². The van der Waals surface area contributed by atoms with Gasteiger partial charge in [0, 0.05) is 12.6 Å². The van der Waals surface area contributed by atoms with Crippen LogP contribution in [0.15, 0.2) is 85.5 Å². The van der Waals surface area contributed by atoms with Crippen LogP contribution in [0.2, 0.25) is 0 Å². The number of hydrogen-bond donors (Lipinski definition) is 1. The van der Waals surface area contributed by atoms with Crippen LogP contribution in [0.4, 0.5) is 0 Å². The first kappa shape index (κ1) is 14.3. The van der Waals surface area contributed by atoms with Crippen molar-refractivity contribution in [3.63, 3.8) is 0 Å². The van der Waals surface area contributed by atoms with Crippen molar-refractivity contribution in [1.82, 2.24) is 5.32 Å². The van der Waals surface area contributed by atoms with Gasteiger partial charge in [0.15, 0.2) is 0 Å². The van der Waals surface area contributed by atoms with Crippen molar-refractivity contribution < 1.29 is 0 Å². The second-order valence-corrected chi connectivity index (χ2v) is 4.78. The van der Waals surface area contributed by atoms with Crippen LogP contribution < -0.4 is 5.32 Å². The lowest BCUT2D eigenvalue weighted by Gasteiger charge is -2.15. The van der Waals surface area contributed by atoms with Crippen molar-refractivity contribution in [2.24, 2.45) is 0 Å². The van der Waals surface area contributed by atoms with E-state index in [2.05, 4.69) is 72.6 Å². The molecule has 2 rings (SSSR count). The normalized spacial score (nSPS) is 12.4. The van der Waals surface area contributed by atoms with Gasteiger partial charge in [-0.3, -0.25) is 0 Å². The minimum atomic E-state index is 0.315. The van der Waals surface area contributed by atoms with Gasteiger partial charge < -0.3 is 5.32 Å². The average molecular weight is 263 g/mol. The van der Waals surface area contributed by atoms with Gasteiger partial charge in [0.25, 0.3) is 0 Å². The molecule has 0 aromatic heterocycles. The molecule has 102 valence electrons. The molecule has 0 unspecified atom stereocenters. The van der Waals surface area contributed by atoms with Crippen LogP contribution in [0.1, 0.15) is 11.1 Å². The summed E-state index contributed by atoms with van der Waals surface area (Å²) in [6, 6.07) is 21.3. The second kappa shape index (κ2) is 8.13. The third-order valence-electron chi connectivity index (χ3n) is 3.19. The molecule has 0 aliphatic heterocycles. The monoisotopic (exact) mass is 263 g/mol. The Balaban J connectivity index is 1.97. The van der Waals surface area contributed by atoms with Gasteiger partial charge in [-0.05, 0) is 17.5 Å². The highest BCUT2D eigenvalue weighted by Gasteiger charge is 2.05. The van der Waals surface area contributed by atoms with Gasteiger partial charge in [0.2, 0.25) is 0 Å². The molecule has 1 atom stereocenters. The summed E-state index contributed by atoms with van der Waals surface area (Å²) in [4.78, 5) is 0. The fraction of sp³-hybridized carbons (Fsp3) is 0.158. The fourth-order valence-corrected chi connectivity index (χ4v) is 2.13. The van der Waals surface area contributed by atoms with Gasteiger partial charge in [-0.2, -0.15) is 0 Å². The van der Waals surface area contributed by atoms with Gasteiger partial charge in [-0.15, -0.1) is 0 Å². The highest BCUT2D eigenvalue weighted by Crippen LogP contribution is 2.06. The lowest BCUT2D eigenvalue weighted by atomic mass is 10.0. The van der Waals surface area contributed by atoms with Gasteiger partial charge in [-0.1, -0.05) is 85.5 Å². The molecule has 0 fully saturated rings. The molecule has 1 N–H and O–H groups in total. The Morgan fingerprint density at radius 3 is 2.10 bits per heavy atom. The van der Waals surface area contributed by atoms with Crippen molar-refractivity contribution in [3.8, 4) is 0 Å². The van der Waals surface area contributed by atoms with Crippen LogP contribution in [0.5, 0.6) is 0 Å². The Labute approximate surface area is 121 Å². The van der Waals surface area contributed by atoms with Crippen molar-refractivity contribution >= 4 is 0 Å². The summed E-state index contributed by atoms with van der Waals surface area (Å²) < 4.78 is 0. The van der Waals surface area contributed by atoms with Gasteiger partial charge in [-0.25, -0.2) is 0 Å². The lowest BCUT2D eigenvalue weighted by molar-refractivity contribution is 0.589. The lowest BCUT2D eigenvalue weighted by Crippen LogP contribution is -2.28. The number of benzene rings is 2. The summed E-state index contributed by atoms with van der Waals surface area (Å²) in [5.74, 6) is 0. The minimum absolute atomic E-state index is 0.315. The molecule has 1 nitrogen and oxygen atoms in total. The third kappa shape index (κ3) is 4.87. The number of rotatable bonds is 7. The van der Waals surface area contributed by atoms with Crippen LogP contribution in [-0.2, 0) is 13.0 Å². The van der Waals surface area contributed by atoms with Crippen LogP contribution in [0.3, 0.4) is 0 Å². The van der Waals surface area contributed by atoms with Crippen molar-refractivity contribution in [2.75, 3.05) is 0 Å². The number of nitrogens with one attached hydrogen (secondary N) is 1. The maximum atomic E-state index is 3.74. The SMILES string of the molecule is C=C/C=C\[C@H](Cc1ccccc1)NCc1ccccc1. The predicted molar refractivity (Wildman–Crippen MR) is 86.6 cm³/mol. The molecular formula is C19H21N. The zero-order valence-electron chi connectivity index (χ0n) is 11.7. The van der Waals surface area contributed by atoms with Crippen molar-refractivity contribution in [3.05, 3.63) is 96.6 Å². The Morgan fingerprint density at radius 2 is 1.50 bits per heavy atom. The molecule has 0 heterocycles. The molecular weight excluding hydrogens is 242 g/mol. The Hall–Kier alpha value is -2.12. The standard InChI is InChI=1S/C19H21N/c1-2-3-14-19(15-17-10-6-4-7-11-17)20-16-18-12-8-5-9-13-18/h2-14,19-20H,1,15-16H2/b14-3-/t19-/m1/s1. The van der Waals surface area contributed by atoms with Gasteiger partial charge in [0.1, 0.15) is 0 Å². The summed E-state index contributed by atoms with van der Waals surface area (Å²) in [5, 5.41) is 3.58. The summed E-state index contributed by atoms with van der Waals surface area (Å²) in [6.45, 7) is 4.62. The Bertz CT molecular complexity index is 528. The molecule has 2 aromatic rings. The first-order valence-electron chi connectivity index (χ1n) is 6.99. The molecule has 0 bridgehead atoms. The fourth-order valence-electron chi connectivity index (χ4n) is 2.13. The van der Waals surface area contributed by atoms with E-state index in [1.807, 2.05) is 18.2 Å². The summed E-state index contributed by atoms with van der Waals surface area (Å²) in [7, 11) is 0. The predicted octanol–water partition coefficient (Wildman–Crippen LogP) is 4.13. The molecule has 2 aromatic carbocycles. The summed E-state index contributed by atoms with van der Waals surface area (Å²) in [5.41, 5.74) is 2.64. The number of allylic oxidation sites excluding steroid dienone is 2. The zero-order valence-corrected chi connectivity index (χ0v) is 11.7. The molecule has 0 spiro atoms. The maximum absolute atomic E-state index is 3.74. The first-order chi connectivity index (χ1) is 9.88. The first-order valence-corrected chi connectivity index (χ1v) is 6.99. The van der Waals surface area contributed by atoms with Crippen LogP contribution >= 0.6 is 0 Å². The van der Waals surface area contributed by atoms with Crippen molar-refractivity contribution in [2.45, 2.75) is 19.0 Å². The molecule has 20 heavy (non-hydrogen) atoms. The minimum Gasteiger partial charge on any atom is -0.306 e. The van der Waals surface area contributed by atoms with Gasteiger partial charge >= 0.3 is 0 Å². The Kier molecular flexibility index (Phi) is 5.81. The third-order valence-corrected chi connectivity index (χ3v) is 3.19. The van der Waals surface area contributed by atoms with Gasteiger partial charge in [0.05, 0.1) is 0 Å². The number of hydrogen-bond acceptors (Lipinski definition) is 1. The van der Waals surface area contributed by atoms with E-state index in [0.29, 0.717) is 6.04 Å². The largest absolute Gasteiger partial charge is 0.306 e. The molecule has 0 saturated carbocycles. The second-order valence-electron chi connectivity index (χ2n) is 4.78. The highest BCUT2D eigenvalue weighted by atomic mass is 14.9. The summed E-state index contributed by atoms with van der Waals surface area (Å²) >= 11 is 0. The van der Waals surface area contributed by atoms with E-state index in [-0.39, 0.29) is 0 Å². The molecule has 0 amide bonds. The van der Waals surface area contributed by atoms with E-state index in [0.717, 1.165) is 13.0 Å². The van der Waals surface area contributed by atoms with E-state index in [1.165, 1.54) is 11.1 Å². The van der Waals surface area contributed by atoms with E-state index in [4.69, 9.17) is 0 Å². The summed E-state index contributed by atoms with van der Waals surface area (Å²) in [6.07, 6.45) is 6.98. The molecule has 0 aliphatic carbocycles. The average Bonchev–Trinajstić information content (AvgIpc) is 2.52. The van der Waals surface area contributed by atoms with Crippen LogP contribution in [0.25, 0.3) is 0 Å². The van der Waals surface area contributed by atoms with E-state index in [1.54, 1.807) is 0 Å². The quantitative estimate of drug-likeness (QED) is 0.741. The molecule has 0 aliphatic rings. The molecule has 0 saturated heterocycles. The topological polar surface area (TPSA) is 12.0 Å². The highest BCUT2D eigenvalue weighted by molar-refractivity contribution is 5.19. The maximum Gasteiger partial charge on any atom is 0.0296 e. The van der Waals surface area contributed by atoms with Crippen LogP contribution in [-0.4, -0.2) is 6.04 Å². The van der Waals surface area contributed by atoms with E-state index < -0.39 is 0 Å².